The summed E-state index contributed by atoms with van der Waals surface area (Å²) >= 11 is 3.44. The Balaban J connectivity index is 2.47. The minimum Gasteiger partial charge on any atom is -0.496 e. The molecule has 0 atom stereocenters. The lowest BCUT2D eigenvalue weighted by molar-refractivity contribution is 0.416. The van der Waals surface area contributed by atoms with E-state index in [9.17, 15) is 0 Å². The molecule has 0 amide bonds. The number of ether oxygens (including phenoxy) is 1. The molecular weight excluding hydrogens is 282 g/mol. The van der Waals surface area contributed by atoms with E-state index in [1.54, 1.807) is 26.6 Å². The van der Waals surface area contributed by atoms with Crippen LogP contribution in [0, 0.1) is 0 Å². The first-order chi connectivity index (χ1) is 8.24. The van der Waals surface area contributed by atoms with Crippen LogP contribution in [0.1, 0.15) is 0 Å². The zero-order chi connectivity index (χ0) is 12.3. The van der Waals surface area contributed by atoms with Crippen LogP contribution in [0.25, 0.3) is 11.1 Å². The summed E-state index contributed by atoms with van der Waals surface area (Å²) in [6.07, 6.45) is 3.53. The molecule has 0 bridgehead atoms. The van der Waals surface area contributed by atoms with Gasteiger partial charge in [-0.3, -0.25) is 0 Å². The fourth-order valence-electron chi connectivity index (χ4n) is 1.50. The van der Waals surface area contributed by atoms with Crippen LogP contribution in [0.3, 0.4) is 0 Å². The first-order valence-corrected chi connectivity index (χ1v) is 5.87. The first-order valence-electron chi connectivity index (χ1n) is 5.08. The molecule has 1 aromatic carbocycles. The molecule has 5 heteroatoms. The van der Waals surface area contributed by atoms with E-state index >= 15 is 0 Å². The van der Waals surface area contributed by atoms with E-state index in [0.717, 1.165) is 21.3 Å². The SMILES string of the molecule is CNc1ncc(-c2cc(Br)ccc2OC)cn1. The highest BCUT2D eigenvalue weighted by molar-refractivity contribution is 9.10. The Kier molecular flexibility index (Phi) is 3.58. The van der Waals surface area contributed by atoms with Crippen LogP contribution >= 0.6 is 15.9 Å². The van der Waals surface area contributed by atoms with Crippen molar-refractivity contribution < 1.29 is 4.74 Å². The molecule has 1 aromatic heterocycles. The summed E-state index contributed by atoms with van der Waals surface area (Å²) in [5, 5.41) is 2.88. The van der Waals surface area contributed by atoms with Gasteiger partial charge in [-0.2, -0.15) is 0 Å². The van der Waals surface area contributed by atoms with Gasteiger partial charge in [0.05, 0.1) is 7.11 Å². The Bertz CT molecular complexity index is 514. The van der Waals surface area contributed by atoms with Gasteiger partial charge in [-0.05, 0) is 18.2 Å². The summed E-state index contributed by atoms with van der Waals surface area (Å²) in [5.41, 5.74) is 1.88. The standard InChI is InChI=1S/C12H12BrN3O/c1-14-12-15-6-8(7-16-12)10-5-9(13)3-4-11(10)17-2/h3-7H,1-2H3,(H,14,15,16). The van der Waals surface area contributed by atoms with E-state index in [1.165, 1.54) is 0 Å². The molecule has 0 fully saturated rings. The number of hydrogen-bond donors (Lipinski definition) is 1. The highest BCUT2D eigenvalue weighted by Crippen LogP contribution is 2.31. The van der Waals surface area contributed by atoms with Gasteiger partial charge < -0.3 is 10.1 Å². The Morgan fingerprint density at radius 3 is 2.53 bits per heavy atom. The van der Waals surface area contributed by atoms with Crippen LogP contribution in [0.15, 0.2) is 35.1 Å². The van der Waals surface area contributed by atoms with Crippen LogP contribution in [-0.2, 0) is 0 Å². The van der Waals surface area contributed by atoms with Gasteiger partial charge in [0, 0.05) is 35.0 Å². The Hall–Kier alpha value is -1.62. The molecule has 17 heavy (non-hydrogen) atoms. The van der Waals surface area contributed by atoms with Crippen molar-refractivity contribution in [3.05, 3.63) is 35.1 Å². The van der Waals surface area contributed by atoms with Gasteiger partial charge in [0.25, 0.3) is 0 Å². The number of methoxy groups -OCH3 is 1. The van der Waals surface area contributed by atoms with Gasteiger partial charge >= 0.3 is 0 Å². The summed E-state index contributed by atoms with van der Waals surface area (Å²) in [7, 11) is 3.43. The minimum atomic E-state index is 0.600. The van der Waals surface area contributed by atoms with Gasteiger partial charge in [0.1, 0.15) is 5.75 Å². The van der Waals surface area contributed by atoms with E-state index in [-0.39, 0.29) is 0 Å². The van der Waals surface area contributed by atoms with Crippen molar-refractivity contribution in [2.75, 3.05) is 19.5 Å². The second-order valence-corrected chi connectivity index (χ2v) is 4.31. The molecule has 0 saturated heterocycles. The van der Waals surface area contributed by atoms with Gasteiger partial charge in [0.15, 0.2) is 0 Å². The van der Waals surface area contributed by atoms with Crippen molar-refractivity contribution in [1.29, 1.82) is 0 Å². The number of benzene rings is 1. The normalized spacial score (nSPS) is 10.1. The lowest BCUT2D eigenvalue weighted by Gasteiger charge is -2.08. The van der Waals surface area contributed by atoms with Crippen LogP contribution in [0.5, 0.6) is 5.75 Å². The Morgan fingerprint density at radius 1 is 1.24 bits per heavy atom. The minimum absolute atomic E-state index is 0.600. The fraction of sp³-hybridized carbons (Fsp3) is 0.167. The Morgan fingerprint density at radius 2 is 1.94 bits per heavy atom. The number of halogens is 1. The zero-order valence-electron chi connectivity index (χ0n) is 9.57. The average molecular weight is 294 g/mol. The maximum Gasteiger partial charge on any atom is 0.222 e. The summed E-state index contributed by atoms with van der Waals surface area (Å²) < 4.78 is 6.31. The molecule has 0 aliphatic rings. The van der Waals surface area contributed by atoms with Crippen LogP contribution in [-0.4, -0.2) is 24.1 Å². The lowest BCUT2D eigenvalue weighted by Crippen LogP contribution is -1.96. The molecule has 88 valence electrons. The highest BCUT2D eigenvalue weighted by atomic mass is 79.9. The van der Waals surface area contributed by atoms with Gasteiger partial charge in [-0.1, -0.05) is 15.9 Å². The highest BCUT2D eigenvalue weighted by Gasteiger charge is 2.07. The van der Waals surface area contributed by atoms with Crippen molar-refractivity contribution in [3.63, 3.8) is 0 Å². The monoisotopic (exact) mass is 293 g/mol. The topological polar surface area (TPSA) is 47.0 Å². The predicted octanol–water partition coefficient (Wildman–Crippen LogP) is 2.96. The quantitative estimate of drug-likeness (QED) is 0.945. The molecule has 2 rings (SSSR count). The second kappa shape index (κ2) is 5.14. The third kappa shape index (κ3) is 2.55. The van der Waals surface area contributed by atoms with Crippen molar-refractivity contribution in [2.24, 2.45) is 0 Å². The third-order valence-corrected chi connectivity index (χ3v) is 2.84. The molecule has 0 unspecified atom stereocenters. The molecule has 0 aliphatic carbocycles. The maximum atomic E-state index is 5.32. The lowest BCUT2D eigenvalue weighted by atomic mass is 10.1. The van der Waals surface area contributed by atoms with Crippen molar-refractivity contribution in [2.45, 2.75) is 0 Å². The molecular formula is C12H12BrN3O. The van der Waals surface area contributed by atoms with E-state index in [4.69, 9.17) is 4.74 Å². The second-order valence-electron chi connectivity index (χ2n) is 3.39. The van der Waals surface area contributed by atoms with Gasteiger partial charge in [-0.25, -0.2) is 9.97 Å². The molecule has 4 nitrogen and oxygen atoms in total. The van der Waals surface area contributed by atoms with E-state index in [0.29, 0.717) is 5.95 Å². The average Bonchev–Trinajstić information content (AvgIpc) is 2.39. The number of nitrogens with zero attached hydrogens (tertiary/aromatic N) is 2. The molecule has 0 saturated carbocycles. The molecule has 0 spiro atoms. The van der Waals surface area contributed by atoms with E-state index in [1.807, 2.05) is 18.2 Å². The van der Waals surface area contributed by atoms with Crippen molar-refractivity contribution in [1.82, 2.24) is 9.97 Å². The summed E-state index contributed by atoms with van der Waals surface area (Å²) in [6, 6.07) is 5.83. The smallest absolute Gasteiger partial charge is 0.222 e. The molecule has 1 heterocycles. The maximum absolute atomic E-state index is 5.32. The van der Waals surface area contributed by atoms with Crippen LogP contribution in [0.4, 0.5) is 5.95 Å². The molecule has 0 aliphatic heterocycles. The van der Waals surface area contributed by atoms with Gasteiger partial charge in [0.2, 0.25) is 5.95 Å². The van der Waals surface area contributed by atoms with Crippen LogP contribution in [0.2, 0.25) is 0 Å². The largest absolute Gasteiger partial charge is 0.496 e. The number of aromatic nitrogens is 2. The summed E-state index contributed by atoms with van der Waals surface area (Å²) in [5.74, 6) is 1.40. The van der Waals surface area contributed by atoms with Gasteiger partial charge in [-0.15, -0.1) is 0 Å². The van der Waals surface area contributed by atoms with Crippen molar-refractivity contribution in [3.8, 4) is 16.9 Å². The van der Waals surface area contributed by atoms with E-state index < -0.39 is 0 Å². The third-order valence-electron chi connectivity index (χ3n) is 2.35. The predicted molar refractivity (Wildman–Crippen MR) is 71.3 cm³/mol. The summed E-state index contributed by atoms with van der Waals surface area (Å²) in [6.45, 7) is 0. The number of anilines is 1. The molecule has 0 radical (unpaired) electrons. The first kappa shape index (κ1) is 11.9. The summed E-state index contributed by atoms with van der Waals surface area (Å²) in [4.78, 5) is 8.37. The van der Waals surface area contributed by atoms with Crippen molar-refractivity contribution >= 4 is 21.9 Å². The van der Waals surface area contributed by atoms with Crippen LogP contribution < -0.4 is 10.1 Å². The number of hydrogen-bond acceptors (Lipinski definition) is 4. The van der Waals surface area contributed by atoms with E-state index in [2.05, 4.69) is 31.2 Å². The molecule has 1 N–H and O–H groups in total. The zero-order valence-corrected chi connectivity index (χ0v) is 11.2. The number of rotatable bonds is 3. The molecule has 2 aromatic rings. The Labute approximate surface area is 108 Å². The fourth-order valence-corrected chi connectivity index (χ4v) is 1.86. The number of nitrogens with one attached hydrogen (secondary N) is 1.